The van der Waals surface area contributed by atoms with Gasteiger partial charge in [0.1, 0.15) is 5.03 Å². The Morgan fingerprint density at radius 2 is 2.43 bits per heavy atom. The maximum atomic E-state index is 5.79. The van der Waals surface area contributed by atoms with Gasteiger partial charge in [0.05, 0.1) is 5.69 Å². The first-order chi connectivity index (χ1) is 6.74. The van der Waals surface area contributed by atoms with Gasteiger partial charge in [-0.3, -0.25) is 0 Å². The smallest absolute Gasteiger partial charge is 0.119 e. The molecule has 2 N–H and O–H groups in total. The van der Waals surface area contributed by atoms with Crippen LogP contribution in [0.5, 0.6) is 0 Å². The molecule has 3 nitrogen and oxygen atoms in total. The highest BCUT2D eigenvalue weighted by molar-refractivity contribution is 9.10. The normalized spacial score (nSPS) is 10.4. The van der Waals surface area contributed by atoms with Crippen LogP contribution in [0.4, 0.5) is 5.69 Å². The van der Waals surface area contributed by atoms with Gasteiger partial charge in [0.15, 0.2) is 0 Å². The molecule has 0 spiro atoms. The lowest BCUT2D eigenvalue weighted by Crippen LogP contribution is -1.94. The third-order valence-corrected chi connectivity index (χ3v) is 3.12. The number of anilines is 1. The van der Waals surface area contributed by atoms with Crippen LogP contribution in [-0.2, 0) is 4.74 Å². The monoisotopic (exact) mass is 276 g/mol. The minimum absolute atomic E-state index is 0.724. The average Bonchev–Trinajstić information content (AvgIpc) is 2.15. The third kappa shape index (κ3) is 3.86. The van der Waals surface area contributed by atoms with Crippen molar-refractivity contribution in [2.24, 2.45) is 0 Å². The van der Waals surface area contributed by atoms with Gasteiger partial charge in [-0.1, -0.05) is 0 Å². The molecule has 0 aromatic carbocycles. The second-order valence-electron chi connectivity index (χ2n) is 2.74. The van der Waals surface area contributed by atoms with Crippen LogP contribution in [0.1, 0.15) is 6.42 Å². The molecule has 0 aliphatic carbocycles. The molecule has 0 fully saturated rings. The summed E-state index contributed by atoms with van der Waals surface area (Å²) in [4.78, 5) is 4.23. The molecule has 14 heavy (non-hydrogen) atoms. The molecular formula is C9H13BrN2OS. The standard InChI is InChI=1S/C9H13BrN2OS/c1-13-3-2-4-14-9-8(11)5-7(10)6-12-9/h5-6H,2-4,11H2,1H3. The Bertz CT molecular complexity index is 296. The molecule has 0 unspecified atom stereocenters. The summed E-state index contributed by atoms with van der Waals surface area (Å²) in [5.74, 6) is 0.979. The first-order valence-corrected chi connectivity index (χ1v) is 6.04. The summed E-state index contributed by atoms with van der Waals surface area (Å²) < 4.78 is 5.87. The van der Waals surface area contributed by atoms with E-state index in [9.17, 15) is 0 Å². The van der Waals surface area contributed by atoms with Gasteiger partial charge < -0.3 is 10.5 Å². The van der Waals surface area contributed by atoms with E-state index in [2.05, 4.69) is 20.9 Å². The molecule has 0 saturated heterocycles. The van der Waals surface area contributed by atoms with Crippen molar-refractivity contribution in [1.29, 1.82) is 0 Å². The number of hydrogen-bond acceptors (Lipinski definition) is 4. The van der Waals surface area contributed by atoms with Crippen LogP contribution in [0.3, 0.4) is 0 Å². The lowest BCUT2D eigenvalue weighted by atomic mass is 10.4. The number of aromatic nitrogens is 1. The maximum absolute atomic E-state index is 5.79. The van der Waals surface area contributed by atoms with Crippen molar-refractivity contribution in [3.8, 4) is 0 Å². The van der Waals surface area contributed by atoms with Crippen molar-refractivity contribution < 1.29 is 4.74 Å². The number of nitrogens with two attached hydrogens (primary N) is 1. The van der Waals surface area contributed by atoms with E-state index < -0.39 is 0 Å². The van der Waals surface area contributed by atoms with Gasteiger partial charge in [-0.25, -0.2) is 4.98 Å². The zero-order valence-corrected chi connectivity index (χ0v) is 10.4. The van der Waals surface area contributed by atoms with Crippen LogP contribution < -0.4 is 5.73 Å². The number of pyridine rings is 1. The molecule has 0 aliphatic rings. The van der Waals surface area contributed by atoms with Crippen LogP contribution in [0.15, 0.2) is 21.8 Å². The first-order valence-electron chi connectivity index (χ1n) is 4.27. The Kier molecular flexibility index (Phi) is 5.29. The minimum atomic E-state index is 0.724. The quantitative estimate of drug-likeness (QED) is 0.663. The van der Waals surface area contributed by atoms with Crippen molar-refractivity contribution in [2.75, 3.05) is 25.2 Å². The molecular weight excluding hydrogens is 264 g/mol. The summed E-state index contributed by atoms with van der Waals surface area (Å²) in [6.07, 6.45) is 2.77. The van der Waals surface area contributed by atoms with Crippen LogP contribution >= 0.6 is 27.7 Å². The zero-order valence-electron chi connectivity index (χ0n) is 8.00. The molecule has 1 aromatic heterocycles. The molecule has 1 heterocycles. The largest absolute Gasteiger partial charge is 0.397 e. The van der Waals surface area contributed by atoms with Crippen molar-refractivity contribution >= 4 is 33.4 Å². The van der Waals surface area contributed by atoms with E-state index in [1.54, 1.807) is 25.1 Å². The highest BCUT2D eigenvalue weighted by Gasteiger charge is 2.01. The summed E-state index contributed by atoms with van der Waals surface area (Å²) in [6.45, 7) is 0.781. The minimum Gasteiger partial charge on any atom is -0.397 e. The maximum Gasteiger partial charge on any atom is 0.119 e. The molecule has 0 radical (unpaired) electrons. The summed E-state index contributed by atoms with van der Waals surface area (Å²) in [5.41, 5.74) is 6.52. The van der Waals surface area contributed by atoms with Gasteiger partial charge in [0.2, 0.25) is 0 Å². The third-order valence-electron chi connectivity index (χ3n) is 1.58. The van der Waals surface area contributed by atoms with Gasteiger partial charge in [-0.2, -0.15) is 0 Å². The molecule has 1 rings (SSSR count). The molecule has 0 atom stereocenters. The lowest BCUT2D eigenvalue weighted by molar-refractivity contribution is 0.200. The molecule has 0 aliphatic heterocycles. The Balaban J connectivity index is 2.42. The predicted molar refractivity (Wildman–Crippen MR) is 63.6 cm³/mol. The lowest BCUT2D eigenvalue weighted by Gasteiger charge is -2.04. The average molecular weight is 277 g/mol. The van der Waals surface area contributed by atoms with Crippen molar-refractivity contribution in [1.82, 2.24) is 4.98 Å². The van der Waals surface area contributed by atoms with E-state index in [0.29, 0.717) is 0 Å². The Morgan fingerprint density at radius 1 is 1.64 bits per heavy atom. The molecule has 0 saturated carbocycles. The van der Waals surface area contributed by atoms with E-state index in [-0.39, 0.29) is 0 Å². The number of halogens is 1. The van der Waals surface area contributed by atoms with Gasteiger partial charge in [0, 0.05) is 30.1 Å². The van der Waals surface area contributed by atoms with E-state index >= 15 is 0 Å². The SMILES string of the molecule is COCCCSc1ncc(Br)cc1N. The van der Waals surface area contributed by atoms with Crippen LogP contribution in [0, 0.1) is 0 Å². The van der Waals surface area contributed by atoms with Crippen molar-refractivity contribution in [2.45, 2.75) is 11.4 Å². The van der Waals surface area contributed by atoms with Crippen molar-refractivity contribution in [3.05, 3.63) is 16.7 Å². The number of nitrogen functional groups attached to an aromatic ring is 1. The number of hydrogen-bond donors (Lipinski definition) is 1. The number of nitrogens with zero attached hydrogens (tertiary/aromatic N) is 1. The molecule has 5 heteroatoms. The molecule has 1 aromatic rings. The number of methoxy groups -OCH3 is 1. The first kappa shape index (κ1) is 11.8. The topological polar surface area (TPSA) is 48.1 Å². The number of ether oxygens (including phenoxy) is 1. The fourth-order valence-electron chi connectivity index (χ4n) is 0.935. The Hall–Kier alpha value is -0.260. The highest BCUT2D eigenvalue weighted by atomic mass is 79.9. The van der Waals surface area contributed by atoms with E-state index in [0.717, 1.165) is 34.0 Å². The van der Waals surface area contributed by atoms with Crippen LogP contribution in [-0.4, -0.2) is 24.5 Å². The summed E-state index contributed by atoms with van der Waals surface area (Å²) in [6, 6.07) is 1.87. The van der Waals surface area contributed by atoms with Gasteiger partial charge >= 0.3 is 0 Å². The second-order valence-corrected chi connectivity index (χ2v) is 4.74. The molecule has 78 valence electrons. The van der Waals surface area contributed by atoms with Crippen LogP contribution in [0.2, 0.25) is 0 Å². The Labute approximate surface area is 96.6 Å². The fraction of sp³-hybridized carbons (Fsp3) is 0.444. The zero-order chi connectivity index (χ0) is 10.4. The van der Waals surface area contributed by atoms with Gasteiger partial charge in [0.25, 0.3) is 0 Å². The summed E-state index contributed by atoms with van der Waals surface area (Å²) in [7, 11) is 1.71. The van der Waals surface area contributed by atoms with E-state index in [1.165, 1.54) is 0 Å². The molecule has 0 bridgehead atoms. The Morgan fingerprint density at radius 3 is 3.07 bits per heavy atom. The summed E-state index contributed by atoms with van der Waals surface area (Å²) in [5, 5.41) is 0.893. The fourth-order valence-corrected chi connectivity index (χ4v) is 2.09. The van der Waals surface area contributed by atoms with Crippen molar-refractivity contribution in [3.63, 3.8) is 0 Å². The molecule has 0 amide bonds. The predicted octanol–water partition coefficient (Wildman–Crippen LogP) is 2.55. The second kappa shape index (κ2) is 6.27. The van der Waals surface area contributed by atoms with Gasteiger partial charge in [-0.15, -0.1) is 11.8 Å². The van der Waals surface area contributed by atoms with Gasteiger partial charge in [-0.05, 0) is 28.4 Å². The highest BCUT2D eigenvalue weighted by Crippen LogP contribution is 2.25. The number of rotatable bonds is 5. The van der Waals surface area contributed by atoms with E-state index in [4.69, 9.17) is 10.5 Å². The summed E-state index contributed by atoms with van der Waals surface area (Å²) >= 11 is 4.98. The van der Waals surface area contributed by atoms with Crippen LogP contribution in [0.25, 0.3) is 0 Å². The number of thioether (sulfide) groups is 1. The van der Waals surface area contributed by atoms with E-state index in [1.807, 2.05) is 6.07 Å².